The molecule has 26 heavy (non-hydrogen) atoms. The number of hydrogen-bond donors (Lipinski definition) is 1. The summed E-state index contributed by atoms with van der Waals surface area (Å²) in [5, 5.41) is 8.82. The molecule has 6 nitrogen and oxygen atoms in total. The van der Waals surface area contributed by atoms with Crippen molar-refractivity contribution in [3.63, 3.8) is 0 Å². The second kappa shape index (κ2) is 7.09. The first kappa shape index (κ1) is 17.1. The lowest BCUT2D eigenvalue weighted by Crippen LogP contribution is -2.34. The molecule has 2 amide bonds. The van der Waals surface area contributed by atoms with Gasteiger partial charge in [-0.1, -0.05) is 18.2 Å². The minimum atomic E-state index is -0.0950. The highest BCUT2D eigenvalue weighted by Gasteiger charge is 2.19. The van der Waals surface area contributed by atoms with Crippen LogP contribution in [0.5, 0.6) is 0 Å². The molecule has 1 aromatic carbocycles. The smallest absolute Gasteiger partial charge is 0.317 e. The van der Waals surface area contributed by atoms with Gasteiger partial charge in [0.15, 0.2) is 0 Å². The number of aromatic nitrogens is 2. The molecular formula is C19H23N5OS. The van der Waals surface area contributed by atoms with E-state index in [0.717, 1.165) is 31.9 Å². The molecule has 0 aliphatic carbocycles. The number of fused-ring (bicyclic) bond motifs is 2. The molecule has 0 spiro atoms. The minimum absolute atomic E-state index is 0.0950. The van der Waals surface area contributed by atoms with Crippen molar-refractivity contribution in [3.05, 3.63) is 52.7 Å². The number of thiophene rings is 1. The number of hydrogen-bond acceptors (Lipinski definition) is 4. The van der Waals surface area contributed by atoms with Crippen LogP contribution in [0, 0.1) is 0 Å². The molecule has 1 N–H and O–H groups in total. The Morgan fingerprint density at radius 3 is 2.92 bits per heavy atom. The molecule has 0 saturated heterocycles. The number of amides is 2. The Morgan fingerprint density at radius 1 is 1.27 bits per heavy atom. The molecule has 2 aromatic heterocycles. The molecule has 1 aliphatic rings. The highest BCUT2D eigenvalue weighted by atomic mass is 32.1. The summed E-state index contributed by atoms with van der Waals surface area (Å²) < 4.78 is 3.42. The largest absolute Gasteiger partial charge is 0.332 e. The Kier molecular flexibility index (Phi) is 4.65. The summed E-state index contributed by atoms with van der Waals surface area (Å²) in [6, 6.07) is 12.9. The number of carbonyl (C=O) groups excluding carboxylic acids is 1. The van der Waals surface area contributed by atoms with Crippen LogP contribution in [0.4, 0.5) is 4.79 Å². The second-order valence-electron chi connectivity index (χ2n) is 6.86. The molecule has 0 saturated carbocycles. The van der Waals surface area contributed by atoms with E-state index in [-0.39, 0.29) is 6.03 Å². The van der Waals surface area contributed by atoms with E-state index in [2.05, 4.69) is 56.4 Å². The van der Waals surface area contributed by atoms with Crippen molar-refractivity contribution in [2.45, 2.75) is 26.2 Å². The van der Waals surface area contributed by atoms with Crippen LogP contribution in [0.15, 0.2) is 36.4 Å². The Hall–Kier alpha value is -2.38. The zero-order valence-corrected chi connectivity index (χ0v) is 15.9. The van der Waals surface area contributed by atoms with Gasteiger partial charge in [-0.2, -0.15) is 5.10 Å². The standard InChI is InChI=1S/C19H23N5OS/c1-22(2)19(25)20-11-15-10-16-12-23(7-8-24(16)21-15)13-17-9-14-5-3-4-6-18(14)26-17/h3-6,9-10H,7-8,11-13H2,1-2H3,(H,20,25). The van der Waals surface area contributed by atoms with Gasteiger partial charge in [0.25, 0.3) is 0 Å². The first-order valence-electron chi connectivity index (χ1n) is 8.79. The van der Waals surface area contributed by atoms with E-state index >= 15 is 0 Å². The van der Waals surface area contributed by atoms with Gasteiger partial charge in [0.1, 0.15) is 0 Å². The highest BCUT2D eigenvalue weighted by Crippen LogP contribution is 2.27. The van der Waals surface area contributed by atoms with Crippen molar-refractivity contribution in [2.24, 2.45) is 0 Å². The molecule has 1 aliphatic heterocycles. The van der Waals surface area contributed by atoms with E-state index < -0.39 is 0 Å². The molecule has 0 fully saturated rings. The Bertz CT molecular complexity index is 896. The molecule has 0 radical (unpaired) electrons. The fraction of sp³-hybridized carbons (Fsp3) is 0.368. The van der Waals surface area contributed by atoms with Crippen LogP contribution in [0.1, 0.15) is 16.3 Å². The Labute approximate surface area is 157 Å². The molecule has 0 unspecified atom stereocenters. The van der Waals surface area contributed by atoms with E-state index in [1.54, 1.807) is 14.1 Å². The number of urea groups is 1. The van der Waals surface area contributed by atoms with Gasteiger partial charge in [0.2, 0.25) is 0 Å². The lowest BCUT2D eigenvalue weighted by Gasteiger charge is -2.26. The molecule has 0 bridgehead atoms. The normalized spacial score (nSPS) is 14.4. The third-order valence-electron chi connectivity index (χ3n) is 4.61. The molecule has 3 heterocycles. The fourth-order valence-electron chi connectivity index (χ4n) is 3.26. The molecule has 3 aromatic rings. The summed E-state index contributed by atoms with van der Waals surface area (Å²) in [5.74, 6) is 0. The van der Waals surface area contributed by atoms with Crippen molar-refractivity contribution >= 4 is 27.5 Å². The summed E-state index contributed by atoms with van der Waals surface area (Å²) in [5.41, 5.74) is 2.13. The molecule has 0 atom stereocenters. The van der Waals surface area contributed by atoms with Gasteiger partial charge in [-0.05, 0) is 23.6 Å². The maximum absolute atomic E-state index is 11.7. The summed E-state index contributed by atoms with van der Waals surface area (Å²) >= 11 is 1.88. The third-order valence-corrected chi connectivity index (χ3v) is 5.71. The van der Waals surface area contributed by atoms with Crippen LogP contribution >= 0.6 is 11.3 Å². The van der Waals surface area contributed by atoms with Crippen LogP contribution < -0.4 is 5.32 Å². The van der Waals surface area contributed by atoms with Gasteiger partial charge >= 0.3 is 6.03 Å². The van der Waals surface area contributed by atoms with Crippen LogP contribution in [-0.2, 0) is 26.2 Å². The average Bonchev–Trinajstić information content (AvgIpc) is 3.21. The summed E-state index contributed by atoms with van der Waals surface area (Å²) in [6.07, 6.45) is 0. The zero-order chi connectivity index (χ0) is 18.1. The van der Waals surface area contributed by atoms with E-state index in [1.807, 2.05) is 11.3 Å². The lowest BCUT2D eigenvalue weighted by atomic mass is 10.2. The quantitative estimate of drug-likeness (QED) is 0.769. The number of benzene rings is 1. The summed E-state index contributed by atoms with van der Waals surface area (Å²) in [7, 11) is 3.47. The van der Waals surface area contributed by atoms with Crippen molar-refractivity contribution < 1.29 is 4.79 Å². The van der Waals surface area contributed by atoms with Crippen molar-refractivity contribution in [3.8, 4) is 0 Å². The monoisotopic (exact) mass is 369 g/mol. The van der Waals surface area contributed by atoms with Crippen LogP contribution in [0.25, 0.3) is 10.1 Å². The van der Waals surface area contributed by atoms with E-state index in [9.17, 15) is 4.79 Å². The van der Waals surface area contributed by atoms with Gasteiger partial charge < -0.3 is 10.2 Å². The molecule has 7 heteroatoms. The van der Waals surface area contributed by atoms with Crippen LogP contribution in [-0.4, -0.2) is 46.3 Å². The maximum Gasteiger partial charge on any atom is 0.317 e. The highest BCUT2D eigenvalue weighted by molar-refractivity contribution is 7.19. The van der Waals surface area contributed by atoms with Crippen LogP contribution in [0.3, 0.4) is 0 Å². The summed E-state index contributed by atoms with van der Waals surface area (Å²) in [4.78, 5) is 17.1. The molecular weight excluding hydrogens is 346 g/mol. The predicted octanol–water partition coefficient (Wildman–Crippen LogP) is 2.88. The Balaban J connectivity index is 1.40. The van der Waals surface area contributed by atoms with Crippen LogP contribution in [0.2, 0.25) is 0 Å². The predicted molar refractivity (Wildman–Crippen MR) is 104 cm³/mol. The Morgan fingerprint density at radius 2 is 2.12 bits per heavy atom. The zero-order valence-electron chi connectivity index (χ0n) is 15.1. The minimum Gasteiger partial charge on any atom is -0.332 e. The van der Waals surface area contributed by atoms with Gasteiger partial charge in [-0.15, -0.1) is 11.3 Å². The number of nitrogens with one attached hydrogen (secondary N) is 1. The van der Waals surface area contributed by atoms with E-state index in [1.165, 1.54) is 25.6 Å². The first-order chi connectivity index (χ1) is 12.6. The first-order valence-corrected chi connectivity index (χ1v) is 9.61. The van der Waals surface area contributed by atoms with Gasteiger partial charge in [-0.25, -0.2) is 4.79 Å². The van der Waals surface area contributed by atoms with Gasteiger partial charge in [-0.3, -0.25) is 9.58 Å². The average molecular weight is 369 g/mol. The number of carbonyl (C=O) groups is 1. The van der Waals surface area contributed by atoms with E-state index in [4.69, 9.17) is 0 Å². The second-order valence-corrected chi connectivity index (χ2v) is 8.03. The van der Waals surface area contributed by atoms with Gasteiger partial charge in [0, 0.05) is 43.3 Å². The third kappa shape index (κ3) is 3.59. The van der Waals surface area contributed by atoms with Crippen molar-refractivity contribution in [1.82, 2.24) is 24.9 Å². The lowest BCUT2D eigenvalue weighted by molar-refractivity contribution is 0.206. The van der Waals surface area contributed by atoms with Crippen molar-refractivity contribution in [1.29, 1.82) is 0 Å². The maximum atomic E-state index is 11.7. The SMILES string of the molecule is CN(C)C(=O)NCc1cc2n(n1)CCN(Cc1cc3ccccc3s1)C2. The van der Waals surface area contributed by atoms with Crippen molar-refractivity contribution in [2.75, 3.05) is 20.6 Å². The number of rotatable bonds is 4. The number of nitrogens with zero attached hydrogens (tertiary/aromatic N) is 4. The van der Waals surface area contributed by atoms with Gasteiger partial charge in [0.05, 0.1) is 24.5 Å². The fourth-order valence-corrected chi connectivity index (χ4v) is 4.37. The van der Waals surface area contributed by atoms with E-state index in [0.29, 0.717) is 6.54 Å². The molecule has 136 valence electrons. The topological polar surface area (TPSA) is 53.4 Å². The molecule has 4 rings (SSSR count). The summed E-state index contributed by atoms with van der Waals surface area (Å²) in [6.45, 7) is 4.21.